The number of hydrogen-bond donors (Lipinski definition) is 2. The van der Waals surface area contributed by atoms with Crippen LogP contribution in [0.25, 0.3) is 10.9 Å². The second-order valence-corrected chi connectivity index (χ2v) is 8.70. The molecular formula is C26H30N4O7. The van der Waals surface area contributed by atoms with Gasteiger partial charge in [-0.15, -0.1) is 0 Å². The van der Waals surface area contributed by atoms with Crippen LogP contribution in [0.3, 0.4) is 0 Å². The lowest BCUT2D eigenvalue weighted by molar-refractivity contribution is -0.122. The monoisotopic (exact) mass is 510 g/mol. The summed E-state index contributed by atoms with van der Waals surface area (Å²) in [5.74, 6) is 0.0205. The number of carbonyl (C=O) groups excluding carboxylic acids is 2. The van der Waals surface area contributed by atoms with Crippen molar-refractivity contribution in [2.24, 2.45) is 0 Å². The predicted octanol–water partition coefficient (Wildman–Crippen LogP) is 0.884. The number of nitrogens with zero attached hydrogens (tertiary/aromatic N) is 2. The molecule has 0 spiro atoms. The van der Waals surface area contributed by atoms with Crippen LogP contribution in [-0.4, -0.2) is 61.5 Å². The lowest BCUT2D eigenvalue weighted by Gasteiger charge is -2.17. The average molecular weight is 511 g/mol. The van der Waals surface area contributed by atoms with E-state index in [0.29, 0.717) is 35.8 Å². The average Bonchev–Trinajstić information content (AvgIpc) is 3.45. The topological polar surface area (TPSA) is 130 Å². The van der Waals surface area contributed by atoms with Crippen molar-refractivity contribution in [3.05, 3.63) is 68.4 Å². The Kier molecular flexibility index (Phi) is 7.92. The molecule has 11 heteroatoms. The first-order valence-corrected chi connectivity index (χ1v) is 11.9. The van der Waals surface area contributed by atoms with E-state index >= 15 is 0 Å². The van der Waals surface area contributed by atoms with Crippen molar-refractivity contribution in [1.29, 1.82) is 0 Å². The number of amides is 2. The van der Waals surface area contributed by atoms with E-state index in [4.69, 9.17) is 14.2 Å². The predicted molar refractivity (Wildman–Crippen MR) is 136 cm³/mol. The van der Waals surface area contributed by atoms with E-state index in [2.05, 4.69) is 10.6 Å². The number of methoxy groups -OCH3 is 2. The molecule has 2 aromatic carbocycles. The fourth-order valence-corrected chi connectivity index (χ4v) is 4.36. The molecular weight excluding hydrogens is 480 g/mol. The molecule has 196 valence electrons. The van der Waals surface area contributed by atoms with Gasteiger partial charge in [0, 0.05) is 31.8 Å². The van der Waals surface area contributed by atoms with Gasteiger partial charge in [-0.2, -0.15) is 0 Å². The minimum Gasteiger partial charge on any atom is -0.493 e. The standard InChI is InChI=1S/C26H30N4O7/c1-27-24(32)17-8-6-16(7-9-17)14-30-25(33)19-11-21(35-2)22(36-3)12-20(19)29(26(30)34)15-23(31)28-13-18-5-4-10-37-18/h6-9,11-12,18H,4-5,10,13-15H2,1-3H3,(H,27,32)(H,28,31). The van der Waals surface area contributed by atoms with E-state index in [9.17, 15) is 19.2 Å². The largest absolute Gasteiger partial charge is 0.493 e. The second-order valence-electron chi connectivity index (χ2n) is 8.70. The summed E-state index contributed by atoms with van der Waals surface area (Å²) in [4.78, 5) is 51.7. The Hall–Kier alpha value is -4.12. The highest BCUT2D eigenvalue weighted by Gasteiger charge is 2.20. The van der Waals surface area contributed by atoms with Crippen LogP contribution in [0.2, 0.25) is 0 Å². The van der Waals surface area contributed by atoms with E-state index in [1.165, 1.54) is 38.0 Å². The molecule has 1 aliphatic rings. The number of aromatic nitrogens is 2. The smallest absolute Gasteiger partial charge is 0.332 e. The summed E-state index contributed by atoms with van der Waals surface area (Å²) in [6, 6.07) is 9.60. The van der Waals surface area contributed by atoms with Gasteiger partial charge in [0.05, 0.1) is 37.8 Å². The van der Waals surface area contributed by atoms with Gasteiger partial charge in [-0.05, 0) is 36.6 Å². The SMILES string of the molecule is CNC(=O)c1ccc(Cn2c(=O)c3cc(OC)c(OC)cc3n(CC(=O)NCC3CCCO3)c2=O)cc1. The van der Waals surface area contributed by atoms with Gasteiger partial charge in [0.25, 0.3) is 11.5 Å². The lowest BCUT2D eigenvalue weighted by Crippen LogP contribution is -2.43. The first-order valence-electron chi connectivity index (χ1n) is 11.9. The maximum atomic E-state index is 13.6. The molecule has 4 rings (SSSR count). The molecule has 1 aliphatic heterocycles. The molecule has 11 nitrogen and oxygen atoms in total. The van der Waals surface area contributed by atoms with Gasteiger partial charge >= 0.3 is 5.69 Å². The highest BCUT2D eigenvalue weighted by Crippen LogP contribution is 2.30. The molecule has 0 bridgehead atoms. The number of hydrogen-bond acceptors (Lipinski definition) is 7. The minimum atomic E-state index is -0.646. The van der Waals surface area contributed by atoms with E-state index < -0.39 is 11.2 Å². The number of carbonyl (C=O) groups is 2. The third-order valence-electron chi connectivity index (χ3n) is 6.37. The molecule has 1 unspecified atom stereocenters. The highest BCUT2D eigenvalue weighted by atomic mass is 16.5. The van der Waals surface area contributed by atoms with E-state index in [1.807, 2.05) is 0 Å². The number of ether oxygens (including phenoxy) is 3. The molecule has 1 atom stereocenters. The zero-order valence-corrected chi connectivity index (χ0v) is 21.0. The van der Waals surface area contributed by atoms with Crippen molar-refractivity contribution in [3.8, 4) is 11.5 Å². The van der Waals surface area contributed by atoms with Gasteiger partial charge in [0.15, 0.2) is 11.5 Å². The molecule has 1 aromatic heterocycles. The van der Waals surface area contributed by atoms with Crippen LogP contribution >= 0.6 is 0 Å². The van der Waals surface area contributed by atoms with E-state index in [-0.39, 0.29) is 41.9 Å². The van der Waals surface area contributed by atoms with Gasteiger partial charge in [-0.3, -0.25) is 23.5 Å². The van der Waals surface area contributed by atoms with Crippen molar-refractivity contribution in [1.82, 2.24) is 19.8 Å². The Bertz CT molecular complexity index is 1420. The fraction of sp³-hybridized carbons (Fsp3) is 0.385. The molecule has 0 saturated carbocycles. The highest BCUT2D eigenvalue weighted by molar-refractivity contribution is 5.94. The van der Waals surface area contributed by atoms with Gasteiger partial charge in [0.2, 0.25) is 5.91 Å². The maximum absolute atomic E-state index is 13.6. The van der Waals surface area contributed by atoms with Gasteiger partial charge in [-0.1, -0.05) is 12.1 Å². The summed E-state index contributed by atoms with van der Waals surface area (Å²) in [5.41, 5.74) is 0.168. The molecule has 2 amide bonds. The van der Waals surface area contributed by atoms with Crippen molar-refractivity contribution in [2.45, 2.75) is 32.0 Å². The van der Waals surface area contributed by atoms with Crippen molar-refractivity contribution < 1.29 is 23.8 Å². The summed E-state index contributed by atoms with van der Waals surface area (Å²) < 4.78 is 18.6. The van der Waals surface area contributed by atoms with Crippen molar-refractivity contribution in [2.75, 3.05) is 34.4 Å². The Morgan fingerprint density at radius 1 is 1.05 bits per heavy atom. The lowest BCUT2D eigenvalue weighted by atomic mass is 10.1. The Morgan fingerprint density at radius 3 is 2.38 bits per heavy atom. The van der Waals surface area contributed by atoms with Crippen LogP contribution in [0.1, 0.15) is 28.8 Å². The Balaban J connectivity index is 1.75. The minimum absolute atomic E-state index is 0.0477. The molecule has 1 saturated heterocycles. The van der Waals surface area contributed by atoms with Crippen LogP contribution in [-0.2, 0) is 22.6 Å². The maximum Gasteiger partial charge on any atom is 0.332 e. The second kappa shape index (κ2) is 11.3. The van der Waals surface area contributed by atoms with Gasteiger partial charge in [-0.25, -0.2) is 4.79 Å². The quantitative estimate of drug-likeness (QED) is 0.437. The fourth-order valence-electron chi connectivity index (χ4n) is 4.36. The van der Waals surface area contributed by atoms with Crippen LogP contribution in [0.4, 0.5) is 0 Å². The van der Waals surface area contributed by atoms with Crippen molar-refractivity contribution >= 4 is 22.7 Å². The van der Waals surface area contributed by atoms with Gasteiger partial charge < -0.3 is 24.8 Å². The van der Waals surface area contributed by atoms with Crippen LogP contribution in [0, 0.1) is 0 Å². The van der Waals surface area contributed by atoms with E-state index in [1.54, 1.807) is 24.3 Å². The Labute approximate surface area is 212 Å². The zero-order valence-electron chi connectivity index (χ0n) is 21.0. The summed E-state index contributed by atoms with van der Waals surface area (Å²) in [7, 11) is 4.43. The molecule has 2 heterocycles. The van der Waals surface area contributed by atoms with Crippen LogP contribution in [0.15, 0.2) is 46.0 Å². The summed E-state index contributed by atoms with van der Waals surface area (Å²) in [5, 5.41) is 5.56. The molecule has 37 heavy (non-hydrogen) atoms. The third-order valence-corrected chi connectivity index (χ3v) is 6.37. The van der Waals surface area contributed by atoms with Crippen LogP contribution in [0.5, 0.6) is 11.5 Å². The van der Waals surface area contributed by atoms with Gasteiger partial charge in [0.1, 0.15) is 6.54 Å². The first-order chi connectivity index (χ1) is 17.9. The normalized spacial score (nSPS) is 14.9. The summed E-state index contributed by atoms with van der Waals surface area (Å²) >= 11 is 0. The molecule has 0 radical (unpaired) electrons. The summed E-state index contributed by atoms with van der Waals surface area (Å²) in [6.07, 6.45) is 1.76. The number of nitrogens with one attached hydrogen (secondary N) is 2. The van der Waals surface area contributed by atoms with E-state index in [0.717, 1.165) is 17.4 Å². The molecule has 0 aliphatic carbocycles. The Morgan fingerprint density at radius 2 is 1.76 bits per heavy atom. The molecule has 3 aromatic rings. The first kappa shape index (κ1) is 26.0. The third kappa shape index (κ3) is 5.51. The van der Waals surface area contributed by atoms with Crippen molar-refractivity contribution in [3.63, 3.8) is 0 Å². The van der Waals surface area contributed by atoms with Crippen LogP contribution < -0.4 is 31.4 Å². The molecule has 2 N–H and O–H groups in total. The number of benzene rings is 2. The molecule has 1 fully saturated rings. The summed E-state index contributed by atoms with van der Waals surface area (Å²) in [6.45, 7) is 0.669. The number of fused-ring (bicyclic) bond motifs is 1. The zero-order chi connectivity index (χ0) is 26.5. The number of rotatable bonds is 9.